The first kappa shape index (κ1) is 20.8. The van der Waals surface area contributed by atoms with E-state index in [2.05, 4.69) is 15.6 Å². The minimum Gasteiger partial charge on any atom is -0.478 e. The number of aromatic nitrogens is 3. The second-order valence-electron chi connectivity index (χ2n) is 6.04. The number of aliphatic hydroxyl groups is 4. The van der Waals surface area contributed by atoms with Gasteiger partial charge in [-0.2, -0.15) is 0 Å². The van der Waals surface area contributed by atoms with Gasteiger partial charge >= 0.3 is 5.97 Å². The lowest BCUT2D eigenvalue weighted by molar-refractivity contribution is -0.147. The lowest BCUT2D eigenvalue weighted by Crippen LogP contribution is -2.58. The number of amides is 1. The van der Waals surface area contributed by atoms with E-state index < -0.39 is 54.6 Å². The fourth-order valence-electron chi connectivity index (χ4n) is 2.77. The summed E-state index contributed by atoms with van der Waals surface area (Å²) in [6.45, 7) is 0.258. The van der Waals surface area contributed by atoms with Crippen molar-refractivity contribution >= 4 is 11.9 Å². The maximum absolute atomic E-state index is 11.6. The molecular formula is C15H22N4O8. The van der Waals surface area contributed by atoms with Crippen LogP contribution < -0.4 is 5.32 Å². The van der Waals surface area contributed by atoms with Crippen molar-refractivity contribution < 1.29 is 39.9 Å². The molecule has 0 unspecified atom stereocenters. The second kappa shape index (κ2) is 8.90. The molecule has 1 aromatic rings. The van der Waals surface area contributed by atoms with Gasteiger partial charge in [-0.3, -0.25) is 4.79 Å². The molecule has 12 nitrogen and oxygen atoms in total. The smallest absolute Gasteiger partial charge is 0.370 e. The molecule has 0 radical (unpaired) electrons. The number of rotatable bonds is 8. The average Bonchev–Trinajstić information content (AvgIpc) is 3.08. The molecule has 5 atom stereocenters. The summed E-state index contributed by atoms with van der Waals surface area (Å²) in [6, 6.07) is -1.94. The third-order valence-corrected chi connectivity index (χ3v) is 4.04. The molecule has 12 heteroatoms. The maximum Gasteiger partial charge on any atom is 0.370 e. The van der Waals surface area contributed by atoms with Gasteiger partial charge in [0.2, 0.25) is 11.7 Å². The molecule has 0 spiro atoms. The van der Waals surface area contributed by atoms with Crippen LogP contribution >= 0.6 is 0 Å². The lowest BCUT2D eigenvalue weighted by atomic mass is 9.92. The van der Waals surface area contributed by atoms with Crippen molar-refractivity contribution in [2.45, 2.75) is 43.7 Å². The van der Waals surface area contributed by atoms with E-state index in [-0.39, 0.29) is 13.0 Å². The number of carboxylic acids is 1. The van der Waals surface area contributed by atoms with E-state index in [0.717, 1.165) is 0 Å². The summed E-state index contributed by atoms with van der Waals surface area (Å²) in [4.78, 5) is 23.1. The van der Waals surface area contributed by atoms with Crippen molar-refractivity contribution in [1.29, 1.82) is 0 Å². The topological polar surface area (TPSA) is 187 Å². The van der Waals surface area contributed by atoms with Crippen LogP contribution in [0.5, 0.6) is 0 Å². The summed E-state index contributed by atoms with van der Waals surface area (Å²) < 4.78 is 6.54. The molecular weight excluding hydrogens is 364 g/mol. The van der Waals surface area contributed by atoms with Crippen LogP contribution in [0.3, 0.4) is 0 Å². The minimum atomic E-state index is -1.70. The Balaban J connectivity index is 2.47. The van der Waals surface area contributed by atoms with Crippen LogP contribution in [0.25, 0.3) is 0 Å². The highest BCUT2D eigenvalue weighted by Crippen LogP contribution is 2.29. The van der Waals surface area contributed by atoms with E-state index in [1.165, 1.54) is 23.9 Å². The highest BCUT2D eigenvalue weighted by Gasteiger charge is 2.44. The second-order valence-corrected chi connectivity index (χ2v) is 6.04. The number of carbonyl (C=O) groups excluding carboxylic acids is 1. The molecule has 150 valence electrons. The third-order valence-electron chi connectivity index (χ3n) is 4.04. The van der Waals surface area contributed by atoms with Crippen molar-refractivity contribution in [3.63, 3.8) is 0 Å². The van der Waals surface area contributed by atoms with Gasteiger partial charge in [0.25, 0.3) is 0 Å². The van der Waals surface area contributed by atoms with Gasteiger partial charge in [-0.1, -0.05) is 5.21 Å². The van der Waals surface area contributed by atoms with Gasteiger partial charge in [0, 0.05) is 26.1 Å². The quantitative estimate of drug-likeness (QED) is 0.268. The summed E-state index contributed by atoms with van der Waals surface area (Å²) in [6.07, 6.45) is -1.84. The van der Waals surface area contributed by atoms with E-state index >= 15 is 0 Å². The fraction of sp³-hybridized carbons (Fsp3) is 0.600. The van der Waals surface area contributed by atoms with Gasteiger partial charge in [0.15, 0.2) is 0 Å². The van der Waals surface area contributed by atoms with E-state index in [9.17, 15) is 24.9 Å². The number of nitrogens with zero attached hydrogens (tertiary/aromatic N) is 3. The average molecular weight is 386 g/mol. The molecule has 0 saturated heterocycles. The molecule has 6 N–H and O–H groups in total. The van der Waals surface area contributed by atoms with Crippen LogP contribution in [-0.4, -0.2) is 90.0 Å². The highest BCUT2D eigenvalue weighted by atomic mass is 16.5. The molecule has 0 aromatic carbocycles. The molecule has 1 amide bonds. The Bertz CT molecular complexity index is 706. The monoisotopic (exact) mass is 386 g/mol. The standard InChI is InChI=1S/C15H22N4O8/c1-7(22)16-12-9(19-5-8(2-3-20)17-18-19)4-11(15(25)26)27-14(12)13(24)10(23)6-21/h4-5,9-10,12-14,20-21,23-24H,2-3,6H2,1H3,(H,16,22)(H,25,26)/t9-,10+,12+,13+,14+/m0/s1. The van der Waals surface area contributed by atoms with Gasteiger partial charge in [-0.25, -0.2) is 9.48 Å². The van der Waals surface area contributed by atoms with Crippen LogP contribution in [0.15, 0.2) is 18.0 Å². The van der Waals surface area contributed by atoms with Crippen molar-refractivity contribution in [1.82, 2.24) is 20.3 Å². The van der Waals surface area contributed by atoms with E-state index in [4.69, 9.17) is 14.9 Å². The fourth-order valence-corrected chi connectivity index (χ4v) is 2.77. The van der Waals surface area contributed by atoms with Gasteiger partial charge < -0.3 is 35.6 Å². The molecule has 1 aliphatic heterocycles. The van der Waals surface area contributed by atoms with Crippen LogP contribution in [0.2, 0.25) is 0 Å². The summed E-state index contributed by atoms with van der Waals surface area (Å²) in [5, 5.41) is 57.7. The zero-order chi connectivity index (χ0) is 20.1. The number of hydrogen-bond donors (Lipinski definition) is 6. The molecule has 2 heterocycles. The minimum absolute atomic E-state index is 0.165. The highest BCUT2D eigenvalue weighted by molar-refractivity contribution is 5.84. The molecule has 27 heavy (non-hydrogen) atoms. The van der Waals surface area contributed by atoms with Gasteiger partial charge in [0.1, 0.15) is 18.3 Å². The zero-order valence-electron chi connectivity index (χ0n) is 14.5. The number of carbonyl (C=O) groups is 2. The first-order valence-corrected chi connectivity index (χ1v) is 8.16. The first-order chi connectivity index (χ1) is 12.8. The summed E-state index contributed by atoms with van der Waals surface area (Å²) in [7, 11) is 0. The molecule has 0 saturated carbocycles. The van der Waals surface area contributed by atoms with Crippen LogP contribution in [0.4, 0.5) is 0 Å². The number of hydrogen-bond acceptors (Lipinski definition) is 9. The SMILES string of the molecule is CC(=O)N[C@H]1[C@H]([C@H](O)[C@H](O)CO)OC(C(=O)O)=C[C@@H]1n1cc(CCO)nn1. The number of nitrogens with one attached hydrogen (secondary N) is 1. The summed E-state index contributed by atoms with van der Waals surface area (Å²) >= 11 is 0. The van der Waals surface area contributed by atoms with Gasteiger partial charge in [0.05, 0.1) is 24.4 Å². The predicted octanol–water partition coefficient (Wildman–Crippen LogP) is -3.06. The molecule has 1 aliphatic rings. The van der Waals surface area contributed by atoms with Gasteiger partial charge in [-0.05, 0) is 6.08 Å². The number of aliphatic carboxylic acids is 1. The normalized spacial score (nSPS) is 24.5. The van der Waals surface area contributed by atoms with E-state index in [0.29, 0.717) is 5.69 Å². The van der Waals surface area contributed by atoms with Crippen LogP contribution in [0.1, 0.15) is 18.7 Å². The predicted molar refractivity (Wildman–Crippen MR) is 87.1 cm³/mol. The number of ether oxygens (including phenoxy) is 1. The van der Waals surface area contributed by atoms with Crippen molar-refractivity contribution in [2.24, 2.45) is 0 Å². The van der Waals surface area contributed by atoms with Crippen molar-refractivity contribution in [2.75, 3.05) is 13.2 Å². The Kier molecular flexibility index (Phi) is 6.85. The first-order valence-electron chi connectivity index (χ1n) is 8.16. The number of carboxylic acid groups (broad SMARTS) is 1. The summed E-state index contributed by atoms with van der Waals surface area (Å²) in [5.41, 5.74) is 0.434. The molecule has 0 aliphatic carbocycles. The van der Waals surface area contributed by atoms with Crippen molar-refractivity contribution in [3.8, 4) is 0 Å². The number of aliphatic hydroxyl groups excluding tert-OH is 4. The molecule has 2 rings (SSSR count). The van der Waals surface area contributed by atoms with Crippen LogP contribution in [0, 0.1) is 0 Å². The zero-order valence-corrected chi connectivity index (χ0v) is 14.5. The summed E-state index contributed by atoms with van der Waals surface area (Å²) in [5.74, 6) is -2.44. The Morgan fingerprint density at radius 3 is 2.63 bits per heavy atom. The Labute approximate surface area is 153 Å². The molecule has 0 fully saturated rings. The van der Waals surface area contributed by atoms with Crippen molar-refractivity contribution in [3.05, 3.63) is 23.7 Å². The third kappa shape index (κ3) is 4.80. The molecule has 1 aromatic heterocycles. The Morgan fingerprint density at radius 1 is 1.37 bits per heavy atom. The van der Waals surface area contributed by atoms with E-state index in [1.807, 2.05) is 0 Å². The van der Waals surface area contributed by atoms with Crippen LogP contribution in [-0.2, 0) is 20.7 Å². The Morgan fingerprint density at radius 2 is 2.07 bits per heavy atom. The maximum atomic E-state index is 11.6. The lowest BCUT2D eigenvalue weighted by Gasteiger charge is -2.39. The molecule has 0 bridgehead atoms. The van der Waals surface area contributed by atoms with E-state index in [1.54, 1.807) is 0 Å². The largest absolute Gasteiger partial charge is 0.478 e. The van der Waals surface area contributed by atoms with Gasteiger partial charge in [-0.15, -0.1) is 5.10 Å². The Hall–Kier alpha value is -2.54.